The highest BCUT2D eigenvalue weighted by atomic mass is 16.3. The summed E-state index contributed by atoms with van der Waals surface area (Å²) in [5.74, 6) is 0.0993. The van der Waals surface area contributed by atoms with Crippen molar-refractivity contribution in [3.63, 3.8) is 0 Å². The molecule has 0 saturated heterocycles. The van der Waals surface area contributed by atoms with Crippen molar-refractivity contribution in [2.75, 3.05) is 0 Å². The van der Waals surface area contributed by atoms with E-state index < -0.39 is 6.10 Å². The van der Waals surface area contributed by atoms with E-state index in [1.54, 1.807) is 6.92 Å². The van der Waals surface area contributed by atoms with E-state index in [-0.39, 0.29) is 17.3 Å². The van der Waals surface area contributed by atoms with E-state index >= 15 is 0 Å². The molecule has 2 rings (SSSR count). The number of aliphatic hydroxyl groups excluding tert-OH is 2. The normalized spacial score (nSPS) is 35.5. The van der Waals surface area contributed by atoms with E-state index in [1.807, 2.05) is 13.0 Å². The first-order chi connectivity index (χ1) is 8.86. The first kappa shape index (κ1) is 14.5. The molecule has 2 N–H and O–H groups in total. The summed E-state index contributed by atoms with van der Waals surface area (Å²) in [4.78, 5) is 12.4. The minimum Gasteiger partial charge on any atom is -0.393 e. The minimum atomic E-state index is -0.435. The number of ketones is 1. The van der Waals surface area contributed by atoms with Gasteiger partial charge >= 0.3 is 0 Å². The van der Waals surface area contributed by atoms with Gasteiger partial charge in [0.1, 0.15) is 0 Å². The molecule has 2 aliphatic carbocycles. The Morgan fingerprint density at radius 3 is 2.84 bits per heavy atom. The molecular formula is C16H24O3. The Morgan fingerprint density at radius 2 is 2.21 bits per heavy atom. The average molecular weight is 264 g/mol. The molecular weight excluding hydrogens is 240 g/mol. The van der Waals surface area contributed by atoms with Crippen molar-refractivity contribution in [3.05, 3.63) is 22.8 Å². The van der Waals surface area contributed by atoms with Crippen LogP contribution in [0.15, 0.2) is 22.8 Å². The number of allylic oxidation sites excluding steroid dienone is 2. The lowest BCUT2D eigenvalue weighted by atomic mass is 9.61. The number of Topliss-reactive ketones (excluding diaryl/α,β-unsaturated/α-hetero) is 1. The zero-order valence-corrected chi connectivity index (χ0v) is 12.1. The number of aliphatic hydroxyl groups is 2. The van der Waals surface area contributed by atoms with Crippen LogP contribution in [0.2, 0.25) is 0 Å². The molecule has 0 aromatic rings. The molecule has 0 bridgehead atoms. The van der Waals surface area contributed by atoms with Crippen LogP contribution in [0.25, 0.3) is 0 Å². The molecule has 106 valence electrons. The van der Waals surface area contributed by atoms with Crippen molar-refractivity contribution in [2.24, 2.45) is 5.41 Å². The van der Waals surface area contributed by atoms with Gasteiger partial charge < -0.3 is 10.2 Å². The summed E-state index contributed by atoms with van der Waals surface area (Å²) in [6, 6.07) is 0. The van der Waals surface area contributed by atoms with Crippen LogP contribution in [-0.2, 0) is 4.79 Å². The first-order valence-corrected chi connectivity index (χ1v) is 7.16. The number of fused-ring (bicyclic) bond motifs is 1. The second-order valence-corrected chi connectivity index (χ2v) is 6.25. The van der Waals surface area contributed by atoms with Gasteiger partial charge in [-0.05, 0) is 57.1 Å². The van der Waals surface area contributed by atoms with Crippen LogP contribution < -0.4 is 0 Å². The highest BCUT2D eigenvalue weighted by Gasteiger charge is 2.45. The molecule has 0 spiro atoms. The molecule has 0 aromatic carbocycles. The first-order valence-electron chi connectivity index (χ1n) is 7.16. The highest BCUT2D eigenvalue weighted by Crippen LogP contribution is 2.50. The van der Waals surface area contributed by atoms with E-state index in [4.69, 9.17) is 0 Å². The fraction of sp³-hybridized carbons (Fsp3) is 0.688. The number of hydrogen-bond acceptors (Lipinski definition) is 3. The molecule has 0 aromatic heterocycles. The molecule has 1 fully saturated rings. The minimum absolute atomic E-state index is 0.0993. The van der Waals surface area contributed by atoms with Gasteiger partial charge in [0.25, 0.3) is 0 Å². The molecule has 0 amide bonds. The van der Waals surface area contributed by atoms with Crippen LogP contribution >= 0.6 is 0 Å². The Kier molecular flexibility index (Phi) is 3.98. The smallest absolute Gasteiger partial charge is 0.184 e. The van der Waals surface area contributed by atoms with Gasteiger partial charge in [-0.3, -0.25) is 4.79 Å². The SMILES string of the molecule is CC1=C2CCC[C@H](O)[C@@]2(C)CC(=CCC(C)O)C1=O. The van der Waals surface area contributed by atoms with E-state index in [0.717, 1.165) is 36.0 Å². The van der Waals surface area contributed by atoms with Gasteiger partial charge in [0.05, 0.1) is 12.2 Å². The van der Waals surface area contributed by atoms with Crippen molar-refractivity contribution in [1.82, 2.24) is 0 Å². The second kappa shape index (κ2) is 5.22. The van der Waals surface area contributed by atoms with E-state index in [0.29, 0.717) is 12.8 Å². The number of carbonyl (C=O) groups excluding carboxylic acids is 1. The molecule has 1 unspecified atom stereocenters. The molecule has 2 aliphatic rings. The second-order valence-electron chi connectivity index (χ2n) is 6.25. The maximum atomic E-state index is 12.4. The summed E-state index contributed by atoms with van der Waals surface area (Å²) in [5, 5.41) is 19.7. The molecule has 3 nitrogen and oxygen atoms in total. The Morgan fingerprint density at radius 1 is 1.53 bits per heavy atom. The summed E-state index contributed by atoms with van der Waals surface area (Å²) in [6.07, 6.45) is 4.84. The van der Waals surface area contributed by atoms with Crippen molar-refractivity contribution in [1.29, 1.82) is 0 Å². The Bertz CT molecular complexity index is 445. The molecule has 3 heteroatoms. The maximum absolute atomic E-state index is 12.4. The van der Waals surface area contributed by atoms with Crippen LogP contribution in [0.3, 0.4) is 0 Å². The third-order valence-corrected chi connectivity index (χ3v) is 4.68. The predicted molar refractivity (Wildman–Crippen MR) is 74.7 cm³/mol. The van der Waals surface area contributed by atoms with Crippen LogP contribution in [-0.4, -0.2) is 28.2 Å². The summed E-state index contributed by atoms with van der Waals surface area (Å²) in [5.41, 5.74) is 2.42. The Labute approximate surface area is 115 Å². The van der Waals surface area contributed by atoms with Gasteiger partial charge in [0, 0.05) is 5.41 Å². The largest absolute Gasteiger partial charge is 0.393 e. The molecule has 0 aliphatic heterocycles. The van der Waals surface area contributed by atoms with E-state index in [2.05, 4.69) is 6.92 Å². The molecule has 0 radical (unpaired) electrons. The lowest BCUT2D eigenvalue weighted by Gasteiger charge is -2.45. The Hall–Kier alpha value is -0.930. The van der Waals surface area contributed by atoms with Crippen molar-refractivity contribution in [3.8, 4) is 0 Å². The van der Waals surface area contributed by atoms with Gasteiger partial charge in [0.15, 0.2) is 5.78 Å². The van der Waals surface area contributed by atoms with Crippen LogP contribution in [0.5, 0.6) is 0 Å². The average Bonchev–Trinajstić information content (AvgIpc) is 2.35. The summed E-state index contributed by atoms with van der Waals surface area (Å²) < 4.78 is 0. The van der Waals surface area contributed by atoms with Gasteiger partial charge in [-0.25, -0.2) is 0 Å². The summed E-state index contributed by atoms with van der Waals surface area (Å²) in [6.45, 7) is 5.66. The monoisotopic (exact) mass is 264 g/mol. The maximum Gasteiger partial charge on any atom is 0.184 e. The van der Waals surface area contributed by atoms with Crippen molar-refractivity contribution in [2.45, 2.75) is 65.1 Å². The van der Waals surface area contributed by atoms with Gasteiger partial charge in [-0.1, -0.05) is 18.6 Å². The van der Waals surface area contributed by atoms with Gasteiger partial charge in [-0.2, -0.15) is 0 Å². The lowest BCUT2D eigenvalue weighted by Crippen LogP contribution is -2.42. The highest BCUT2D eigenvalue weighted by molar-refractivity contribution is 6.09. The molecule has 19 heavy (non-hydrogen) atoms. The predicted octanol–water partition coefficient (Wildman–Crippen LogP) is 2.52. The van der Waals surface area contributed by atoms with E-state index in [1.165, 1.54) is 0 Å². The Balaban J connectivity index is 2.38. The molecule has 3 atom stereocenters. The quantitative estimate of drug-likeness (QED) is 0.753. The number of rotatable bonds is 2. The fourth-order valence-electron chi connectivity index (χ4n) is 3.45. The van der Waals surface area contributed by atoms with Crippen molar-refractivity contribution < 1.29 is 15.0 Å². The summed E-state index contributed by atoms with van der Waals surface area (Å²) >= 11 is 0. The lowest BCUT2D eigenvalue weighted by molar-refractivity contribution is -0.113. The van der Waals surface area contributed by atoms with Crippen LogP contribution in [0, 0.1) is 5.41 Å². The van der Waals surface area contributed by atoms with Crippen LogP contribution in [0.1, 0.15) is 52.9 Å². The van der Waals surface area contributed by atoms with E-state index in [9.17, 15) is 15.0 Å². The fourth-order valence-corrected chi connectivity index (χ4v) is 3.45. The standard InChI is InChI=1S/C16H24O3/c1-10(17)7-8-12-9-16(3)13(11(2)15(12)19)5-4-6-14(16)18/h8,10,14,17-18H,4-7,9H2,1-3H3/t10?,14-,16-/m0/s1. The van der Waals surface area contributed by atoms with Gasteiger partial charge in [0.2, 0.25) is 0 Å². The summed E-state index contributed by atoms with van der Waals surface area (Å²) in [7, 11) is 0. The zero-order valence-electron chi connectivity index (χ0n) is 12.1. The van der Waals surface area contributed by atoms with Crippen LogP contribution in [0.4, 0.5) is 0 Å². The zero-order chi connectivity index (χ0) is 14.2. The third kappa shape index (κ3) is 2.54. The third-order valence-electron chi connectivity index (χ3n) is 4.68. The number of hydrogen-bond donors (Lipinski definition) is 2. The molecule has 1 saturated carbocycles. The molecule has 0 heterocycles. The number of carbonyl (C=O) groups is 1. The topological polar surface area (TPSA) is 57.5 Å². The van der Waals surface area contributed by atoms with Crippen molar-refractivity contribution >= 4 is 5.78 Å². The van der Waals surface area contributed by atoms with Gasteiger partial charge in [-0.15, -0.1) is 0 Å².